The van der Waals surface area contributed by atoms with E-state index >= 15 is 0 Å². The van der Waals surface area contributed by atoms with Crippen molar-refractivity contribution in [2.75, 3.05) is 19.6 Å². The van der Waals surface area contributed by atoms with Crippen LogP contribution in [-0.2, 0) is 14.3 Å². The lowest BCUT2D eigenvalue weighted by Gasteiger charge is -2.50. The van der Waals surface area contributed by atoms with Gasteiger partial charge in [0.05, 0.1) is 0 Å². The zero-order valence-corrected chi connectivity index (χ0v) is 9.28. The Kier molecular flexibility index (Phi) is 2.54. The molecule has 3 aliphatic rings. The average molecular weight is 211 g/mol. The summed E-state index contributed by atoms with van der Waals surface area (Å²) in [5.41, 5.74) is -0.845. The van der Waals surface area contributed by atoms with Gasteiger partial charge in [0.2, 0.25) is 0 Å². The molecule has 3 heterocycles. The number of ether oxygens (including phenoxy) is 1. The van der Waals surface area contributed by atoms with Gasteiger partial charge in [-0.2, -0.15) is 0 Å². The molecule has 4 nitrogen and oxygen atoms in total. The molecule has 0 aromatic carbocycles. The Morgan fingerprint density at radius 1 is 1.27 bits per heavy atom. The molecule has 3 aliphatic heterocycles. The number of carbonyl (C=O) groups is 2. The van der Waals surface area contributed by atoms with Crippen LogP contribution in [0.15, 0.2) is 0 Å². The highest BCUT2D eigenvalue weighted by Gasteiger charge is 2.52. The first-order valence-electron chi connectivity index (χ1n) is 5.47. The number of nitrogens with zero attached hydrogens (tertiary/aromatic N) is 1. The van der Waals surface area contributed by atoms with Crippen molar-refractivity contribution in [2.24, 2.45) is 5.92 Å². The van der Waals surface area contributed by atoms with E-state index in [1.807, 2.05) is 0 Å². The molecule has 2 bridgehead atoms. The van der Waals surface area contributed by atoms with Crippen molar-refractivity contribution < 1.29 is 14.3 Å². The highest BCUT2D eigenvalue weighted by molar-refractivity contribution is 5.88. The van der Waals surface area contributed by atoms with E-state index in [0.717, 1.165) is 25.9 Å². The Balaban J connectivity index is 2.26. The summed E-state index contributed by atoms with van der Waals surface area (Å²) in [6.45, 7) is 5.56. The molecule has 0 aromatic heterocycles. The number of Topliss-reactive ketones (excluding diaryl/α,β-unsaturated/α-hetero) is 1. The Morgan fingerprint density at radius 2 is 1.87 bits per heavy atom. The van der Waals surface area contributed by atoms with Gasteiger partial charge in [0.25, 0.3) is 0 Å². The van der Waals surface area contributed by atoms with Crippen LogP contribution in [0, 0.1) is 5.92 Å². The van der Waals surface area contributed by atoms with Crippen LogP contribution in [0.5, 0.6) is 0 Å². The molecular weight excluding hydrogens is 194 g/mol. The summed E-state index contributed by atoms with van der Waals surface area (Å²) in [7, 11) is 0. The van der Waals surface area contributed by atoms with Crippen LogP contribution in [-0.4, -0.2) is 41.9 Å². The van der Waals surface area contributed by atoms with E-state index in [4.69, 9.17) is 4.74 Å². The number of rotatable bonds is 2. The smallest absolute Gasteiger partial charge is 0.303 e. The minimum atomic E-state index is -0.845. The van der Waals surface area contributed by atoms with Crippen molar-refractivity contribution in [1.29, 1.82) is 0 Å². The number of ketones is 1. The first-order valence-corrected chi connectivity index (χ1v) is 5.47. The van der Waals surface area contributed by atoms with Crippen molar-refractivity contribution in [2.45, 2.75) is 32.3 Å². The number of carbonyl (C=O) groups excluding carboxylic acids is 2. The van der Waals surface area contributed by atoms with Crippen LogP contribution in [0.2, 0.25) is 0 Å². The molecule has 84 valence electrons. The SMILES string of the molecule is CC(=O)OC1(C(C)=O)CN2CCC1CC2. The fourth-order valence-electron chi connectivity index (χ4n) is 2.86. The quantitative estimate of drug-likeness (QED) is 0.628. The van der Waals surface area contributed by atoms with Crippen LogP contribution in [0.25, 0.3) is 0 Å². The van der Waals surface area contributed by atoms with Gasteiger partial charge in [-0.25, -0.2) is 0 Å². The van der Waals surface area contributed by atoms with E-state index in [2.05, 4.69) is 4.90 Å². The summed E-state index contributed by atoms with van der Waals surface area (Å²) in [5.74, 6) is -0.130. The number of hydrogen-bond acceptors (Lipinski definition) is 4. The Labute approximate surface area is 89.6 Å². The number of hydrogen-bond donors (Lipinski definition) is 0. The van der Waals surface area contributed by atoms with Crippen LogP contribution in [0.4, 0.5) is 0 Å². The van der Waals surface area contributed by atoms with Crippen LogP contribution in [0.3, 0.4) is 0 Å². The van der Waals surface area contributed by atoms with Gasteiger partial charge in [-0.05, 0) is 32.9 Å². The standard InChI is InChI=1S/C11H17NO3/c1-8(13)11(15-9(2)14)7-12-5-3-10(11)4-6-12/h10H,3-7H2,1-2H3. The van der Waals surface area contributed by atoms with E-state index in [-0.39, 0.29) is 17.7 Å². The predicted octanol–water partition coefficient (Wildman–Crippen LogP) is 0.603. The fourth-order valence-corrected chi connectivity index (χ4v) is 2.86. The Bertz CT molecular complexity index is 294. The monoisotopic (exact) mass is 211 g/mol. The Morgan fingerprint density at radius 3 is 2.20 bits per heavy atom. The molecule has 3 saturated heterocycles. The summed E-state index contributed by atoms with van der Waals surface area (Å²) in [5, 5.41) is 0. The third kappa shape index (κ3) is 1.67. The molecule has 1 atom stereocenters. The summed E-state index contributed by atoms with van der Waals surface area (Å²) in [4.78, 5) is 25.1. The average Bonchev–Trinajstić information content (AvgIpc) is 2.18. The third-order valence-electron chi connectivity index (χ3n) is 3.63. The second-order valence-corrected chi connectivity index (χ2v) is 4.59. The molecule has 4 heteroatoms. The van der Waals surface area contributed by atoms with Crippen LogP contribution < -0.4 is 0 Å². The predicted molar refractivity (Wildman–Crippen MR) is 54.3 cm³/mol. The normalized spacial score (nSPS) is 38.8. The second kappa shape index (κ2) is 3.59. The molecule has 3 rings (SSSR count). The van der Waals surface area contributed by atoms with Crippen molar-refractivity contribution in [3.05, 3.63) is 0 Å². The van der Waals surface area contributed by atoms with Gasteiger partial charge in [-0.3, -0.25) is 14.5 Å². The third-order valence-corrected chi connectivity index (χ3v) is 3.63. The molecule has 0 saturated carbocycles. The van der Waals surface area contributed by atoms with Gasteiger partial charge < -0.3 is 4.74 Å². The van der Waals surface area contributed by atoms with Crippen molar-refractivity contribution in [3.63, 3.8) is 0 Å². The summed E-state index contributed by atoms with van der Waals surface area (Å²) in [6, 6.07) is 0. The molecule has 0 aliphatic carbocycles. The van der Waals surface area contributed by atoms with E-state index in [1.54, 1.807) is 0 Å². The van der Waals surface area contributed by atoms with Crippen LogP contribution in [0.1, 0.15) is 26.7 Å². The van der Waals surface area contributed by atoms with E-state index in [0.29, 0.717) is 6.54 Å². The molecule has 0 radical (unpaired) electrons. The van der Waals surface area contributed by atoms with E-state index in [1.165, 1.54) is 13.8 Å². The molecule has 15 heavy (non-hydrogen) atoms. The first-order chi connectivity index (χ1) is 7.04. The maximum absolute atomic E-state index is 11.7. The number of piperidine rings is 3. The highest BCUT2D eigenvalue weighted by atomic mass is 16.6. The zero-order valence-electron chi connectivity index (χ0n) is 9.28. The first kappa shape index (κ1) is 10.6. The minimum Gasteiger partial charge on any atom is -0.450 e. The fraction of sp³-hybridized carbons (Fsp3) is 0.818. The molecule has 3 fully saturated rings. The molecule has 0 N–H and O–H groups in total. The molecule has 1 unspecified atom stereocenters. The van der Waals surface area contributed by atoms with Gasteiger partial charge >= 0.3 is 5.97 Å². The lowest BCUT2D eigenvalue weighted by molar-refractivity contribution is -0.186. The van der Waals surface area contributed by atoms with Gasteiger partial charge in [0.15, 0.2) is 11.4 Å². The van der Waals surface area contributed by atoms with Gasteiger partial charge in [-0.15, -0.1) is 0 Å². The van der Waals surface area contributed by atoms with Crippen molar-refractivity contribution >= 4 is 11.8 Å². The van der Waals surface area contributed by atoms with E-state index in [9.17, 15) is 9.59 Å². The summed E-state index contributed by atoms with van der Waals surface area (Å²) >= 11 is 0. The minimum absolute atomic E-state index is 0.00731. The number of esters is 1. The molecule has 0 amide bonds. The summed E-state index contributed by atoms with van der Waals surface area (Å²) in [6.07, 6.45) is 1.93. The molecule has 0 spiro atoms. The van der Waals surface area contributed by atoms with Gasteiger partial charge in [0, 0.05) is 19.4 Å². The maximum atomic E-state index is 11.7. The topological polar surface area (TPSA) is 46.6 Å². The highest BCUT2D eigenvalue weighted by Crippen LogP contribution is 2.39. The van der Waals surface area contributed by atoms with Crippen molar-refractivity contribution in [3.8, 4) is 0 Å². The Hall–Kier alpha value is -0.900. The molecular formula is C11H17NO3. The second-order valence-electron chi connectivity index (χ2n) is 4.59. The number of fused-ring (bicyclic) bond motifs is 3. The van der Waals surface area contributed by atoms with Gasteiger partial charge in [0.1, 0.15) is 0 Å². The zero-order chi connectivity index (χ0) is 11.1. The van der Waals surface area contributed by atoms with Crippen LogP contribution >= 0.6 is 0 Å². The van der Waals surface area contributed by atoms with Crippen molar-refractivity contribution in [1.82, 2.24) is 4.90 Å². The van der Waals surface area contributed by atoms with E-state index < -0.39 is 5.60 Å². The van der Waals surface area contributed by atoms with Gasteiger partial charge in [-0.1, -0.05) is 0 Å². The lowest BCUT2D eigenvalue weighted by Crippen LogP contribution is -2.64. The largest absolute Gasteiger partial charge is 0.450 e. The maximum Gasteiger partial charge on any atom is 0.303 e. The summed E-state index contributed by atoms with van der Waals surface area (Å²) < 4.78 is 5.34. The molecule has 0 aromatic rings. The lowest BCUT2D eigenvalue weighted by atomic mass is 9.73.